The van der Waals surface area contributed by atoms with Crippen molar-refractivity contribution in [1.29, 1.82) is 0 Å². The van der Waals surface area contributed by atoms with E-state index in [0.717, 1.165) is 18.8 Å². The quantitative estimate of drug-likeness (QED) is 0.651. The molecule has 0 amide bonds. The van der Waals surface area contributed by atoms with Crippen LogP contribution < -0.4 is 10.1 Å². The molecule has 0 spiro atoms. The molecule has 0 unspecified atom stereocenters. The zero-order valence-corrected chi connectivity index (χ0v) is 6.45. The maximum absolute atomic E-state index is 5.01. The Labute approximate surface area is 65.2 Å². The van der Waals surface area contributed by atoms with Crippen LogP contribution in [0.3, 0.4) is 0 Å². The smallest absolute Gasteiger partial charge is 0.156 e. The Morgan fingerprint density at radius 2 is 2.55 bits per heavy atom. The van der Waals surface area contributed by atoms with Crippen molar-refractivity contribution in [3.05, 3.63) is 12.4 Å². The first kappa shape index (κ1) is 6.67. The second-order valence-electron chi connectivity index (χ2n) is 2.67. The Kier molecular flexibility index (Phi) is 1.54. The van der Waals surface area contributed by atoms with Crippen LogP contribution in [0.25, 0.3) is 0 Å². The summed E-state index contributed by atoms with van der Waals surface area (Å²) in [6, 6.07) is 0.527. The number of hydrogen-bond acceptors (Lipinski definition) is 3. The molecule has 0 atom stereocenters. The summed E-state index contributed by atoms with van der Waals surface area (Å²) in [6.07, 6.45) is 3.66. The molecule has 1 aromatic heterocycles. The van der Waals surface area contributed by atoms with Crippen LogP contribution in [-0.4, -0.2) is 30.0 Å². The third kappa shape index (κ3) is 1.09. The molecular formula is C7H11N3O. The van der Waals surface area contributed by atoms with E-state index in [1.807, 2.05) is 10.9 Å². The lowest BCUT2D eigenvalue weighted by Gasteiger charge is -2.26. The molecule has 1 aromatic rings. The van der Waals surface area contributed by atoms with Crippen LogP contribution in [0.5, 0.6) is 5.75 Å². The van der Waals surface area contributed by atoms with Gasteiger partial charge in [-0.05, 0) is 0 Å². The Balaban J connectivity index is 2.11. The average Bonchev–Trinajstić information content (AvgIpc) is 2.32. The molecule has 1 fully saturated rings. The standard InChI is InChI=1S/C7H11N3O/c1-11-7-4-9-10(5-7)6-2-8-3-6/h4-6,8H,2-3H2,1H3. The fourth-order valence-electron chi connectivity index (χ4n) is 1.09. The number of methoxy groups -OCH3 is 1. The maximum atomic E-state index is 5.01. The highest BCUT2D eigenvalue weighted by molar-refractivity contribution is 5.12. The molecule has 11 heavy (non-hydrogen) atoms. The highest BCUT2D eigenvalue weighted by Gasteiger charge is 2.19. The molecule has 2 heterocycles. The van der Waals surface area contributed by atoms with Gasteiger partial charge in [0.15, 0.2) is 5.75 Å². The van der Waals surface area contributed by atoms with Gasteiger partial charge in [-0.3, -0.25) is 4.68 Å². The van der Waals surface area contributed by atoms with Crippen molar-refractivity contribution in [2.75, 3.05) is 20.2 Å². The van der Waals surface area contributed by atoms with E-state index in [4.69, 9.17) is 4.74 Å². The molecule has 4 nitrogen and oxygen atoms in total. The van der Waals surface area contributed by atoms with E-state index in [0.29, 0.717) is 6.04 Å². The summed E-state index contributed by atoms with van der Waals surface area (Å²) < 4.78 is 6.95. The van der Waals surface area contributed by atoms with Gasteiger partial charge in [-0.25, -0.2) is 0 Å². The summed E-state index contributed by atoms with van der Waals surface area (Å²) >= 11 is 0. The van der Waals surface area contributed by atoms with Crippen LogP contribution in [0, 0.1) is 0 Å². The van der Waals surface area contributed by atoms with Gasteiger partial charge in [-0.1, -0.05) is 0 Å². The lowest BCUT2D eigenvalue weighted by Crippen LogP contribution is -2.43. The zero-order chi connectivity index (χ0) is 7.68. The number of aromatic nitrogens is 2. The molecule has 1 N–H and O–H groups in total. The van der Waals surface area contributed by atoms with Gasteiger partial charge in [0.1, 0.15) is 0 Å². The van der Waals surface area contributed by atoms with Crippen molar-refractivity contribution in [2.45, 2.75) is 6.04 Å². The van der Waals surface area contributed by atoms with Crippen LogP contribution in [0.2, 0.25) is 0 Å². The van der Waals surface area contributed by atoms with E-state index in [-0.39, 0.29) is 0 Å². The van der Waals surface area contributed by atoms with Crippen molar-refractivity contribution in [2.24, 2.45) is 0 Å². The number of nitrogens with zero attached hydrogens (tertiary/aromatic N) is 2. The highest BCUT2D eigenvalue weighted by atomic mass is 16.5. The van der Waals surface area contributed by atoms with E-state index in [1.165, 1.54) is 0 Å². The Morgan fingerprint density at radius 3 is 3.00 bits per heavy atom. The van der Waals surface area contributed by atoms with Gasteiger partial charge in [0, 0.05) is 13.1 Å². The van der Waals surface area contributed by atoms with E-state index in [1.54, 1.807) is 13.3 Å². The van der Waals surface area contributed by atoms with Gasteiger partial charge in [0.2, 0.25) is 0 Å². The predicted molar refractivity (Wildman–Crippen MR) is 40.7 cm³/mol. The van der Waals surface area contributed by atoms with E-state index in [2.05, 4.69) is 10.4 Å². The summed E-state index contributed by atoms with van der Waals surface area (Å²) in [7, 11) is 1.65. The molecule has 4 heteroatoms. The van der Waals surface area contributed by atoms with Crippen LogP contribution in [0.4, 0.5) is 0 Å². The number of hydrogen-bond donors (Lipinski definition) is 1. The molecule has 0 radical (unpaired) electrons. The van der Waals surface area contributed by atoms with Gasteiger partial charge in [-0.2, -0.15) is 5.10 Å². The SMILES string of the molecule is COc1cnn(C2CNC2)c1. The summed E-state index contributed by atoms with van der Waals surface area (Å²) in [5.74, 6) is 0.830. The molecule has 60 valence electrons. The first-order chi connectivity index (χ1) is 5.40. The average molecular weight is 153 g/mol. The second kappa shape index (κ2) is 2.54. The van der Waals surface area contributed by atoms with Gasteiger partial charge >= 0.3 is 0 Å². The molecule has 1 aliphatic rings. The fraction of sp³-hybridized carbons (Fsp3) is 0.571. The zero-order valence-electron chi connectivity index (χ0n) is 6.45. The van der Waals surface area contributed by atoms with Crippen LogP contribution in [0.15, 0.2) is 12.4 Å². The second-order valence-corrected chi connectivity index (χ2v) is 2.67. The largest absolute Gasteiger partial charge is 0.493 e. The number of nitrogens with one attached hydrogen (secondary N) is 1. The van der Waals surface area contributed by atoms with E-state index in [9.17, 15) is 0 Å². The molecule has 2 rings (SSSR count). The number of ether oxygens (including phenoxy) is 1. The Hall–Kier alpha value is -1.03. The normalized spacial score (nSPS) is 17.9. The van der Waals surface area contributed by atoms with Crippen LogP contribution in [0.1, 0.15) is 6.04 Å². The molecule has 1 aliphatic heterocycles. The lowest BCUT2D eigenvalue weighted by atomic mass is 10.2. The Morgan fingerprint density at radius 1 is 1.73 bits per heavy atom. The minimum absolute atomic E-state index is 0.527. The van der Waals surface area contributed by atoms with Crippen molar-refractivity contribution in [3.63, 3.8) is 0 Å². The fourth-order valence-corrected chi connectivity index (χ4v) is 1.09. The van der Waals surface area contributed by atoms with Crippen LogP contribution in [-0.2, 0) is 0 Å². The third-order valence-electron chi connectivity index (χ3n) is 1.95. The van der Waals surface area contributed by atoms with Gasteiger partial charge in [-0.15, -0.1) is 0 Å². The first-order valence-corrected chi connectivity index (χ1v) is 3.69. The van der Waals surface area contributed by atoms with Crippen molar-refractivity contribution in [1.82, 2.24) is 15.1 Å². The summed E-state index contributed by atoms with van der Waals surface area (Å²) in [6.45, 7) is 2.04. The topological polar surface area (TPSA) is 39.1 Å². The summed E-state index contributed by atoms with van der Waals surface area (Å²) in [4.78, 5) is 0. The molecular weight excluding hydrogens is 142 g/mol. The maximum Gasteiger partial charge on any atom is 0.156 e. The van der Waals surface area contributed by atoms with Gasteiger partial charge in [0.05, 0.1) is 25.5 Å². The minimum Gasteiger partial charge on any atom is -0.493 e. The van der Waals surface area contributed by atoms with E-state index >= 15 is 0 Å². The molecule has 0 aromatic carbocycles. The minimum atomic E-state index is 0.527. The number of rotatable bonds is 2. The molecule has 0 bridgehead atoms. The Bertz CT molecular complexity index is 242. The van der Waals surface area contributed by atoms with Crippen molar-refractivity contribution in [3.8, 4) is 5.75 Å². The lowest BCUT2D eigenvalue weighted by molar-refractivity contribution is 0.316. The highest BCUT2D eigenvalue weighted by Crippen LogP contribution is 2.14. The molecule has 1 saturated heterocycles. The monoisotopic (exact) mass is 153 g/mol. The van der Waals surface area contributed by atoms with Crippen LogP contribution >= 0.6 is 0 Å². The third-order valence-corrected chi connectivity index (χ3v) is 1.95. The summed E-state index contributed by atoms with van der Waals surface area (Å²) in [5, 5.41) is 7.35. The van der Waals surface area contributed by atoms with Gasteiger partial charge < -0.3 is 10.1 Å². The predicted octanol–water partition coefficient (Wildman–Crippen LogP) is 0.0360. The van der Waals surface area contributed by atoms with E-state index < -0.39 is 0 Å². The van der Waals surface area contributed by atoms with Crippen molar-refractivity contribution < 1.29 is 4.74 Å². The molecule has 0 saturated carbocycles. The van der Waals surface area contributed by atoms with Crippen molar-refractivity contribution >= 4 is 0 Å². The molecule has 0 aliphatic carbocycles. The first-order valence-electron chi connectivity index (χ1n) is 3.69. The van der Waals surface area contributed by atoms with Gasteiger partial charge in [0.25, 0.3) is 0 Å². The summed E-state index contributed by atoms with van der Waals surface area (Å²) in [5.41, 5.74) is 0.